The van der Waals surface area contributed by atoms with Crippen LogP contribution in [0, 0.1) is 0 Å². The molecule has 0 heterocycles. The number of nitrogens with one attached hydrogen (secondary N) is 1. The fraction of sp³-hybridized carbons (Fsp3) is 0.130. The maximum Gasteiger partial charge on any atom is 0.250 e. The molecule has 160 valence electrons. The molecule has 0 unspecified atom stereocenters. The van der Waals surface area contributed by atoms with Gasteiger partial charge < -0.3 is 9.47 Å². The van der Waals surface area contributed by atoms with E-state index in [0.29, 0.717) is 27.6 Å². The summed E-state index contributed by atoms with van der Waals surface area (Å²) in [6.07, 6.45) is 1.56. The third-order valence-electron chi connectivity index (χ3n) is 4.06. The van der Waals surface area contributed by atoms with Crippen molar-refractivity contribution in [3.05, 3.63) is 87.4 Å². The Hall–Kier alpha value is -2.48. The summed E-state index contributed by atoms with van der Waals surface area (Å²) in [5.41, 5.74) is 4.27. The van der Waals surface area contributed by atoms with Crippen LogP contribution in [0.1, 0.15) is 11.1 Å². The highest BCUT2D eigenvalue weighted by Gasteiger charge is 2.12. The molecule has 31 heavy (non-hydrogen) atoms. The molecule has 0 fully saturated rings. The number of hydrazone groups is 1. The number of benzene rings is 3. The minimum absolute atomic E-state index is 0.181. The average Bonchev–Trinajstić information content (AvgIpc) is 2.78. The Morgan fingerprint density at radius 2 is 1.90 bits per heavy atom. The van der Waals surface area contributed by atoms with Crippen molar-refractivity contribution in [3.8, 4) is 11.5 Å². The molecular formula is C23H20BrClN2O3S. The number of halogens is 2. The van der Waals surface area contributed by atoms with Crippen LogP contribution >= 0.6 is 39.3 Å². The van der Waals surface area contributed by atoms with E-state index in [-0.39, 0.29) is 11.7 Å². The molecule has 0 aliphatic carbocycles. The van der Waals surface area contributed by atoms with E-state index in [4.69, 9.17) is 21.1 Å². The van der Waals surface area contributed by atoms with E-state index >= 15 is 0 Å². The van der Waals surface area contributed by atoms with Crippen LogP contribution in [0.3, 0.4) is 0 Å². The lowest BCUT2D eigenvalue weighted by Crippen LogP contribution is -2.19. The van der Waals surface area contributed by atoms with E-state index in [1.165, 1.54) is 11.8 Å². The van der Waals surface area contributed by atoms with Crippen molar-refractivity contribution < 1.29 is 14.3 Å². The van der Waals surface area contributed by atoms with Gasteiger partial charge in [-0.05, 0) is 63.5 Å². The molecule has 0 saturated heterocycles. The summed E-state index contributed by atoms with van der Waals surface area (Å²) in [6.45, 7) is 0.370. The number of ether oxygens (including phenoxy) is 2. The first kappa shape index (κ1) is 23.2. The van der Waals surface area contributed by atoms with Gasteiger partial charge in [0.2, 0.25) is 5.91 Å². The van der Waals surface area contributed by atoms with Crippen molar-refractivity contribution in [3.63, 3.8) is 0 Å². The summed E-state index contributed by atoms with van der Waals surface area (Å²) in [4.78, 5) is 13.0. The van der Waals surface area contributed by atoms with Crippen LogP contribution in [-0.2, 0) is 11.4 Å². The third kappa shape index (κ3) is 7.31. The Morgan fingerprint density at radius 1 is 1.16 bits per heavy atom. The zero-order chi connectivity index (χ0) is 22.1. The smallest absolute Gasteiger partial charge is 0.250 e. The van der Waals surface area contributed by atoms with Crippen molar-refractivity contribution in [2.45, 2.75) is 11.5 Å². The van der Waals surface area contributed by atoms with Crippen molar-refractivity contribution >= 4 is 51.4 Å². The van der Waals surface area contributed by atoms with E-state index in [1.807, 2.05) is 60.7 Å². The van der Waals surface area contributed by atoms with Gasteiger partial charge in [-0.3, -0.25) is 4.79 Å². The lowest BCUT2D eigenvalue weighted by Gasteiger charge is -2.13. The van der Waals surface area contributed by atoms with Crippen LogP contribution in [0.5, 0.6) is 11.5 Å². The largest absolute Gasteiger partial charge is 0.493 e. The van der Waals surface area contributed by atoms with E-state index in [0.717, 1.165) is 16.0 Å². The Morgan fingerprint density at radius 3 is 2.61 bits per heavy atom. The van der Waals surface area contributed by atoms with E-state index < -0.39 is 0 Å². The summed E-state index contributed by atoms with van der Waals surface area (Å²) in [7, 11) is 1.57. The number of thioether (sulfide) groups is 1. The maximum atomic E-state index is 12.0. The molecule has 0 atom stereocenters. The standard InChI is InChI=1S/C23H20BrClN2O3S/c1-29-21-12-17(13-26-27-22(28)15-31-19-5-3-2-4-6-19)11-20(24)23(21)30-14-16-7-9-18(25)10-8-16/h2-13H,14-15H2,1H3,(H,27,28)/b26-13-. The van der Waals surface area contributed by atoms with E-state index in [1.54, 1.807) is 19.4 Å². The molecule has 0 aliphatic rings. The molecule has 3 rings (SSSR count). The summed E-state index contributed by atoms with van der Waals surface area (Å²) in [5.74, 6) is 1.24. The Balaban J connectivity index is 1.58. The van der Waals surface area contributed by atoms with Crippen LogP contribution in [-0.4, -0.2) is 25.0 Å². The second kappa shape index (κ2) is 11.8. The number of carbonyl (C=O) groups is 1. The first-order valence-corrected chi connectivity index (χ1v) is 11.5. The Bertz CT molecular complexity index is 1050. The fourth-order valence-electron chi connectivity index (χ4n) is 2.57. The predicted molar refractivity (Wildman–Crippen MR) is 129 cm³/mol. The minimum Gasteiger partial charge on any atom is -0.493 e. The van der Waals surface area contributed by atoms with Crippen molar-refractivity contribution in [1.29, 1.82) is 0 Å². The third-order valence-corrected chi connectivity index (χ3v) is 5.92. The minimum atomic E-state index is -0.181. The monoisotopic (exact) mass is 518 g/mol. The molecule has 3 aromatic carbocycles. The van der Waals surface area contributed by atoms with Gasteiger partial charge in [-0.25, -0.2) is 5.43 Å². The highest BCUT2D eigenvalue weighted by molar-refractivity contribution is 9.10. The molecule has 0 radical (unpaired) electrons. The van der Waals surface area contributed by atoms with Gasteiger partial charge in [0, 0.05) is 9.92 Å². The van der Waals surface area contributed by atoms with Crippen LogP contribution in [0.4, 0.5) is 0 Å². The van der Waals surface area contributed by atoms with Crippen LogP contribution < -0.4 is 14.9 Å². The number of rotatable bonds is 9. The van der Waals surface area contributed by atoms with Gasteiger partial charge >= 0.3 is 0 Å². The van der Waals surface area contributed by atoms with Crippen LogP contribution in [0.15, 0.2) is 81.2 Å². The maximum absolute atomic E-state index is 12.0. The van der Waals surface area contributed by atoms with Gasteiger partial charge in [-0.2, -0.15) is 5.10 Å². The number of methoxy groups -OCH3 is 1. The summed E-state index contributed by atoms with van der Waals surface area (Å²) < 4.78 is 12.1. The Labute approximate surface area is 198 Å². The first-order chi connectivity index (χ1) is 15.0. The van der Waals surface area contributed by atoms with Gasteiger partial charge in [0.05, 0.1) is 23.5 Å². The number of hydrogen-bond acceptors (Lipinski definition) is 5. The fourth-order valence-corrected chi connectivity index (χ4v) is 3.98. The number of hydrogen-bond donors (Lipinski definition) is 1. The molecule has 0 aromatic heterocycles. The summed E-state index contributed by atoms with van der Waals surface area (Å²) >= 11 is 10.9. The molecule has 1 amide bonds. The van der Waals surface area contributed by atoms with Gasteiger partial charge in [0.1, 0.15) is 6.61 Å². The first-order valence-electron chi connectivity index (χ1n) is 9.29. The highest BCUT2D eigenvalue weighted by Crippen LogP contribution is 2.37. The second-order valence-corrected chi connectivity index (χ2v) is 8.68. The van der Waals surface area contributed by atoms with Crippen LogP contribution in [0.2, 0.25) is 5.02 Å². The van der Waals surface area contributed by atoms with Gasteiger partial charge in [-0.15, -0.1) is 11.8 Å². The zero-order valence-corrected chi connectivity index (χ0v) is 19.8. The topological polar surface area (TPSA) is 59.9 Å². The number of amides is 1. The lowest BCUT2D eigenvalue weighted by atomic mass is 10.2. The molecule has 5 nitrogen and oxygen atoms in total. The second-order valence-electron chi connectivity index (χ2n) is 6.34. The van der Waals surface area contributed by atoms with Crippen molar-refractivity contribution in [2.75, 3.05) is 12.9 Å². The molecular weight excluding hydrogens is 500 g/mol. The summed E-state index contributed by atoms with van der Waals surface area (Å²) in [5, 5.41) is 4.71. The van der Waals surface area contributed by atoms with Crippen molar-refractivity contribution in [1.82, 2.24) is 5.43 Å². The molecule has 3 aromatic rings. The molecule has 0 aliphatic heterocycles. The normalized spacial score (nSPS) is 10.8. The predicted octanol–water partition coefficient (Wildman–Crippen LogP) is 5.93. The van der Waals surface area contributed by atoms with E-state index in [9.17, 15) is 4.79 Å². The van der Waals surface area contributed by atoms with Gasteiger partial charge in [0.25, 0.3) is 0 Å². The Kier molecular flexibility index (Phi) is 8.82. The highest BCUT2D eigenvalue weighted by atomic mass is 79.9. The number of nitrogens with zero attached hydrogens (tertiary/aromatic N) is 1. The van der Waals surface area contributed by atoms with Gasteiger partial charge in [-0.1, -0.05) is 41.9 Å². The number of carbonyl (C=O) groups excluding carboxylic acids is 1. The quantitative estimate of drug-likeness (QED) is 0.216. The summed E-state index contributed by atoms with van der Waals surface area (Å²) in [6, 6.07) is 20.8. The van der Waals surface area contributed by atoms with E-state index in [2.05, 4.69) is 26.5 Å². The zero-order valence-electron chi connectivity index (χ0n) is 16.7. The van der Waals surface area contributed by atoms with Crippen LogP contribution in [0.25, 0.3) is 0 Å². The molecule has 0 bridgehead atoms. The molecule has 1 N–H and O–H groups in total. The molecule has 0 spiro atoms. The average molecular weight is 520 g/mol. The van der Waals surface area contributed by atoms with Crippen molar-refractivity contribution in [2.24, 2.45) is 5.10 Å². The lowest BCUT2D eigenvalue weighted by molar-refractivity contribution is -0.118. The van der Waals surface area contributed by atoms with Gasteiger partial charge in [0.15, 0.2) is 11.5 Å². The molecule has 0 saturated carbocycles. The SMILES string of the molecule is COc1cc(/C=N\NC(=O)CSc2ccccc2)cc(Br)c1OCc1ccc(Cl)cc1. The molecule has 8 heteroatoms.